The molecule has 1 aliphatic rings. The second-order valence-corrected chi connectivity index (χ2v) is 4.97. The van der Waals surface area contributed by atoms with E-state index >= 15 is 0 Å². The number of rotatable bonds is 3. The van der Waals surface area contributed by atoms with Crippen LogP contribution in [-0.4, -0.2) is 12.5 Å². The molecule has 1 unspecified atom stereocenters. The topological polar surface area (TPSA) is 17.1 Å². The van der Waals surface area contributed by atoms with Crippen molar-refractivity contribution in [1.29, 1.82) is 0 Å². The summed E-state index contributed by atoms with van der Waals surface area (Å²) in [6.07, 6.45) is 7.45. The van der Waals surface area contributed by atoms with Crippen LogP contribution in [0.2, 0.25) is 5.82 Å². The summed E-state index contributed by atoms with van der Waals surface area (Å²) in [5.41, 5.74) is 2.36. The van der Waals surface area contributed by atoms with Gasteiger partial charge in [0.1, 0.15) is 0 Å². The lowest BCUT2D eigenvalue weighted by molar-refractivity contribution is -0.113. The Morgan fingerprint density at radius 2 is 1.30 bits per heavy atom. The molecule has 0 fully saturated rings. The standard InChI is InChI=1S/C18H15BO/c20-18-14-8-7-13-17(18)19(15-9-3-1-4-10-15)16-11-5-2-6-12-16/h1-14,17H. The van der Waals surface area contributed by atoms with Gasteiger partial charge in [-0.15, -0.1) is 0 Å². The Balaban J connectivity index is 2.07. The first kappa shape index (κ1) is 12.7. The molecular formula is C18H15BO. The summed E-state index contributed by atoms with van der Waals surface area (Å²) in [6, 6.07) is 20.5. The molecule has 0 bridgehead atoms. The highest BCUT2D eigenvalue weighted by molar-refractivity contribution is 6.89. The van der Waals surface area contributed by atoms with E-state index in [-0.39, 0.29) is 18.3 Å². The normalized spacial score (nSPS) is 17.2. The molecule has 0 saturated heterocycles. The van der Waals surface area contributed by atoms with E-state index in [1.54, 1.807) is 6.08 Å². The molecule has 0 N–H and O–H groups in total. The van der Waals surface area contributed by atoms with Crippen LogP contribution in [0.5, 0.6) is 0 Å². The third kappa shape index (κ3) is 2.50. The molecule has 0 aromatic heterocycles. The van der Waals surface area contributed by atoms with Crippen molar-refractivity contribution in [1.82, 2.24) is 0 Å². The molecule has 0 saturated carbocycles. The number of benzene rings is 2. The molecular weight excluding hydrogens is 243 g/mol. The molecule has 20 heavy (non-hydrogen) atoms. The van der Waals surface area contributed by atoms with Crippen LogP contribution in [0.4, 0.5) is 0 Å². The fourth-order valence-electron chi connectivity index (χ4n) is 2.74. The maximum Gasteiger partial charge on any atom is 0.224 e. The zero-order valence-corrected chi connectivity index (χ0v) is 11.1. The number of ketones is 1. The highest BCUT2D eigenvalue weighted by atomic mass is 16.1. The molecule has 3 rings (SSSR count). The fourth-order valence-corrected chi connectivity index (χ4v) is 2.74. The Labute approximate surface area is 119 Å². The first-order chi connectivity index (χ1) is 9.86. The monoisotopic (exact) mass is 258 g/mol. The summed E-state index contributed by atoms with van der Waals surface area (Å²) in [4.78, 5) is 12.2. The van der Waals surface area contributed by atoms with E-state index in [1.165, 1.54) is 10.9 Å². The number of carbonyl (C=O) groups is 1. The Hall–Kier alpha value is -2.35. The van der Waals surface area contributed by atoms with Gasteiger partial charge in [0.05, 0.1) is 0 Å². The second-order valence-electron chi connectivity index (χ2n) is 4.97. The van der Waals surface area contributed by atoms with Gasteiger partial charge in [0.15, 0.2) is 5.78 Å². The number of hydrogen-bond acceptors (Lipinski definition) is 1. The van der Waals surface area contributed by atoms with E-state index in [4.69, 9.17) is 0 Å². The number of carbonyl (C=O) groups excluding carboxylic acids is 1. The Morgan fingerprint density at radius 1 is 0.750 bits per heavy atom. The van der Waals surface area contributed by atoms with Crippen molar-refractivity contribution in [2.75, 3.05) is 0 Å². The van der Waals surface area contributed by atoms with Crippen LogP contribution in [0.1, 0.15) is 0 Å². The lowest BCUT2D eigenvalue weighted by atomic mass is 9.32. The molecule has 96 valence electrons. The average Bonchev–Trinajstić information content (AvgIpc) is 2.52. The van der Waals surface area contributed by atoms with Crippen LogP contribution < -0.4 is 10.9 Å². The number of allylic oxidation sites excluding steroid dienone is 4. The predicted molar refractivity (Wildman–Crippen MR) is 84.9 cm³/mol. The van der Waals surface area contributed by atoms with Crippen LogP contribution in [0.15, 0.2) is 85.0 Å². The first-order valence-corrected chi connectivity index (χ1v) is 6.85. The van der Waals surface area contributed by atoms with E-state index in [0.717, 1.165) is 0 Å². The highest BCUT2D eigenvalue weighted by Gasteiger charge is 2.31. The lowest BCUT2D eigenvalue weighted by Gasteiger charge is -2.22. The molecule has 0 spiro atoms. The van der Waals surface area contributed by atoms with Crippen molar-refractivity contribution in [2.24, 2.45) is 0 Å². The van der Waals surface area contributed by atoms with Gasteiger partial charge >= 0.3 is 0 Å². The molecule has 2 aromatic rings. The van der Waals surface area contributed by atoms with Gasteiger partial charge in [-0.05, 0) is 6.08 Å². The molecule has 1 nitrogen and oxygen atoms in total. The smallest absolute Gasteiger partial charge is 0.224 e. The highest BCUT2D eigenvalue weighted by Crippen LogP contribution is 2.18. The maximum atomic E-state index is 12.2. The van der Waals surface area contributed by atoms with Gasteiger partial charge in [0.25, 0.3) is 0 Å². The fraction of sp³-hybridized carbons (Fsp3) is 0.0556. The van der Waals surface area contributed by atoms with Gasteiger partial charge in [0.2, 0.25) is 6.71 Å². The van der Waals surface area contributed by atoms with Crippen LogP contribution in [-0.2, 0) is 4.79 Å². The molecule has 0 aliphatic heterocycles. The number of hydrogen-bond donors (Lipinski definition) is 0. The van der Waals surface area contributed by atoms with Gasteiger partial charge in [0, 0.05) is 5.82 Å². The van der Waals surface area contributed by atoms with Gasteiger partial charge in [-0.3, -0.25) is 4.79 Å². The Morgan fingerprint density at radius 3 is 1.80 bits per heavy atom. The minimum atomic E-state index is -0.121. The van der Waals surface area contributed by atoms with Crippen molar-refractivity contribution in [3.8, 4) is 0 Å². The average molecular weight is 258 g/mol. The summed E-state index contributed by atoms with van der Waals surface area (Å²) in [6.45, 7) is 0.0751. The molecule has 1 atom stereocenters. The quantitative estimate of drug-likeness (QED) is 0.772. The lowest BCUT2D eigenvalue weighted by Crippen LogP contribution is -2.47. The maximum absolute atomic E-state index is 12.2. The zero-order chi connectivity index (χ0) is 13.8. The second kappa shape index (κ2) is 5.75. The molecule has 0 radical (unpaired) electrons. The van der Waals surface area contributed by atoms with E-state index in [2.05, 4.69) is 24.3 Å². The van der Waals surface area contributed by atoms with E-state index in [1.807, 2.05) is 54.6 Å². The SMILES string of the molecule is O=C1C=CC=CC1B(c1ccccc1)c1ccccc1. The van der Waals surface area contributed by atoms with Gasteiger partial charge in [-0.2, -0.15) is 0 Å². The van der Waals surface area contributed by atoms with Crippen LogP contribution in [0.3, 0.4) is 0 Å². The molecule has 1 aliphatic carbocycles. The zero-order valence-electron chi connectivity index (χ0n) is 11.1. The van der Waals surface area contributed by atoms with Gasteiger partial charge in [-0.1, -0.05) is 89.8 Å². The largest absolute Gasteiger partial charge is 0.295 e. The molecule has 0 amide bonds. The Kier molecular flexibility index (Phi) is 3.64. The van der Waals surface area contributed by atoms with Gasteiger partial charge < -0.3 is 0 Å². The van der Waals surface area contributed by atoms with Crippen molar-refractivity contribution in [3.63, 3.8) is 0 Å². The third-order valence-corrected chi connectivity index (χ3v) is 3.70. The van der Waals surface area contributed by atoms with E-state index in [0.29, 0.717) is 0 Å². The van der Waals surface area contributed by atoms with Crippen molar-refractivity contribution < 1.29 is 4.79 Å². The molecule has 0 heterocycles. The summed E-state index contributed by atoms with van der Waals surface area (Å²) in [5, 5.41) is 0. The minimum Gasteiger partial charge on any atom is -0.295 e. The summed E-state index contributed by atoms with van der Waals surface area (Å²) in [7, 11) is 0. The van der Waals surface area contributed by atoms with Crippen molar-refractivity contribution in [2.45, 2.75) is 5.82 Å². The van der Waals surface area contributed by atoms with Crippen LogP contribution in [0.25, 0.3) is 0 Å². The minimum absolute atomic E-state index is 0.0751. The first-order valence-electron chi connectivity index (χ1n) is 6.85. The van der Waals surface area contributed by atoms with E-state index in [9.17, 15) is 4.79 Å². The molecule has 2 aromatic carbocycles. The van der Waals surface area contributed by atoms with Crippen LogP contribution >= 0.6 is 0 Å². The predicted octanol–water partition coefficient (Wildman–Crippen LogP) is 2.36. The summed E-state index contributed by atoms with van der Waals surface area (Å²) >= 11 is 0. The van der Waals surface area contributed by atoms with Crippen molar-refractivity contribution >= 4 is 23.4 Å². The molecule has 2 heteroatoms. The van der Waals surface area contributed by atoms with Crippen LogP contribution in [0, 0.1) is 0 Å². The van der Waals surface area contributed by atoms with Crippen molar-refractivity contribution in [3.05, 3.63) is 85.0 Å². The van der Waals surface area contributed by atoms with Gasteiger partial charge in [-0.25, -0.2) is 0 Å². The Bertz CT molecular complexity index is 604. The summed E-state index contributed by atoms with van der Waals surface area (Å²) in [5.74, 6) is 0.0509. The summed E-state index contributed by atoms with van der Waals surface area (Å²) < 4.78 is 0. The van der Waals surface area contributed by atoms with E-state index < -0.39 is 0 Å². The third-order valence-electron chi connectivity index (χ3n) is 3.70.